The molecule has 1 N–H and O–H groups in total. The lowest BCUT2D eigenvalue weighted by atomic mass is 10.0. The van der Waals surface area contributed by atoms with Gasteiger partial charge in [-0.25, -0.2) is 9.97 Å². The molecule has 0 bridgehead atoms. The Hall–Kier alpha value is -2.51. The van der Waals surface area contributed by atoms with Crippen molar-refractivity contribution in [3.05, 3.63) is 54.0 Å². The number of anilines is 1. The Kier molecular flexibility index (Phi) is 4.81. The van der Waals surface area contributed by atoms with Gasteiger partial charge in [-0.05, 0) is 5.56 Å². The molecule has 0 saturated carbocycles. The Bertz CT molecular complexity index is 735. The second kappa shape index (κ2) is 7.39. The number of aromatic nitrogens is 2. The summed E-state index contributed by atoms with van der Waals surface area (Å²) in [5.74, 6) is 0.150. The number of piperidine rings is 1. The van der Waals surface area contributed by atoms with Crippen molar-refractivity contribution in [1.82, 2.24) is 15.3 Å². The fourth-order valence-corrected chi connectivity index (χ4v) is 3.33. The molecule has 2 aromatic rings. The number of nitrogens with zero attached hydrogens (tertiary/aromatic N) is 3. The Morgan fingerprint density at radius 2 is 1.81 bits per heavy atom. The zero-order chi connectivity index (χ0) is 17.8. The van der Waals surface area contributed by atoms with E-state index >= 15 is 0 Å². The average molecular weight is 354 g/mol. The zero-order valence-corrected chi connectivity index (χ0v) is 14.6. The predicted octanol–water partition coefficient (Wildman–Crippen LogP) is 1.75. The SMILES string of the molecule is O=C(NCc1ccccc1)c1cnc(N2CCC3(CC2)OCCO3)cn1. The molecule has 26 heavy (non-hydrogen) atoms. The van der Waals surface area contributed by atoms with Crippen LogP contribution in [0, 0.1) is 0 Å². The maximum Gasteiger partial charge on any atom is 0.271 e. The Labute approximate surface area is 152 Å². The molecule has 0 unspecified atom stereocenters. The van der Waals surface area contributed by atoms with Crippen molar-refractivity contribution in [2.24, 2.45) is 0 Å². The van der Waals surface area contributed by atoms with Crippen LogP contribution >= 0.6 is 0 Å². The molecule has 1 amide bonds. The summed E-state index contributed by atoms with van der Waals surface area (Å²) in [6.45, 7) is 3.42. The molecule has 1 spiro atoms. The highest BCUT2D eigenvalue weighted by molar-refractivity contribution is 5.91. The van der Waals surface area contributed by atoms with Crippen molar-refractivity contribution in [1.29, 1.82) is 0 Å². The van der Waals surface area contributed by atoms with E-state index in [1.807, 2.05) is 30.3 Å². The Balaban J connectivity index is 1.32. The van der Waals surface area contributed by atoms with E-state index in [1.54, 1.807) is 6.20 Å². The van der Waals surface area contributed by atoms with Gasteiger partial charge in [0.25, 0.3) is 5.91 Å². The first-order chi connectivity index (χ1) is 12.7. The third kappa shape index (κ3) is 3.68. The van der Waals surface area contributed by atoms with Gasteiger partial charge in [-0.2, -0.15) is 0 Å². The Morgan fingerprint density at radius 3 is 2.46 bits per heavy atom. The predicted molar refractivity (Wildman–Crippen MR) is 95.7 cm³/mol. The van der Waals surface area contributed by atoms with Gasteiger partial charge in [0.1, 0.15) is 11.5 Å². The molecule has 0 atom stereocenters. The lowest BCUT2D eigenvalue weighted by Gasteiger charge is -2.37. The summed E-state index contributed by atoms with van der Waals surface area (Å²) in [6.07, 6.45) is 4.82. The van der Waals surface area contributed by atoms with Gasteiger partial charge in [-0.1, -0.05) is 30.3 Å². The van der Waals surface area contributed by atoms with E-state index in [9.17, 15) is 4.79 Å². The molecule has 2 saturated heterocycles. The molecule has 2 aliphatic heterocycles. The van der Waals surface area contributed by atoms with Crippen molar-refractivity contribution in [3.63, 3.8) is 0 Å². The number of hydrogen-bond donors (Lipinski definition) is 1. The topological polar surface area (TPSA) is 76.6 Å². The first-order valence-electron chi connectivity index (χ1n) is 8.91. The van der Waals surface area contributed by atoms with Gasteiger partial charge in [0, 0.05) is 32.5 Å². The van der Waals surface area contributed by atoms with Crippen molar-refractivity contribution in [3.8, 4) is 0 Å². The summed E-state index contributed by atoms with van der Waals surface area (Å²) in [4.78, 5) is 23.1. The third-order valence-corrected chi connectivity index (χ3v) is 4.83. The van der Waals surface area contributed by atoms with Crippen molar-refractivity contribution in [2.45, 2.75) is 25.2 Å². The lowest BCUT2D eigenvalue weighted by Crippen LogP contribution is -2.45. The van der Waals surface area contributed by atoms with Crippen LogP contribution in [0.3, 0.4) is 0 Å². The number of rotatable bonds is 4. The number of hydrogen-bond acceptors (Lipinski definition) is 6. The number of benzene rings is 1. The minimum absolute atomic E-state index is 0.224. The molecular formula is C19H22N4O3. The van der Waals surface area contributed by atoms with Crippen LogP contribution in [-0.4, -0.2) is 48.0 Å². The van der Waals surface area contributed by atoms with E-state index in [1.165, 1.54) is 6.20 Å². The van der Waals surface area contributed by atoms with Gasteiger partial charge in [0.2, 0.25) is 0 Å². The standard InChI is InChI=1S/C19H22N4O3/c24-18(22-12-15-4-2-1-3-5-15)16-13-21-17(14-20-16)23-8-6-19(7-9-23)25-10-11-26-19/h1-5,13-14H,6-12H2,(H,22,24). The van der Waals surface area contributed by atoms with Crippen molar-refractivity contribution in [2.75, 3.05) is 31.2 Å². The molecule has 1 aromatic carbocycles. The van der Waals surface area contributed by atoms with Crippen molar-refractivity contribution >= 4 is 11.7 Å². The molecule has 0 radical (unpaired) electrons. The highest BCUT2D eigenvalue weighted by atomic mass is 16.7. The molecule has 2 aliphatic rings. The summed E-state index contributed by atoms with van der Waals surface area (Å²) < 4.78 is 11.5. The summed E-state index contributed by atoms with van der Waals surface area (Å²) in [7, 11) is 0. The summed E-state index contributed by atoms with van der Waals surface area (Å²) in [6, 6.07) is 9.77. The van der Waals surface area contributed by atoms with Crippen LogP contribution in [0.5, 0.6) is 0 Å². The minimum Gasteiger partial charge on any atom is -0.355 e. The van der Waals surface area contributed by atoms with E-state index in [4.69, 9.17) is 9.47 Å². The molecule has 4 rings (SSSR count). The van der Waals surface area contributed by atoms with Gasteiger partial charge >= 0.3 is 0 Å². The molecule has 0 aliphatic carbocycles. The molecule has 136 valence electrons. The molecule has 7 nitrogen and oxygen atoms in total. The molecule has 1 aromatic heterocycles. The van der Waals surface area contributed by atoms with Crippen LogP contribution in [0.15, 0.2) is 42.7 Å². The molecule has 3 heterocycles. The zero-order valence-electron chi connectivity index (χ0n) is 14.6. The highest BCUT2D eigenvalue weighted by Gasteiger charge is 2.40. The first-order valence-corrected chi connectivity index (χ1v) is 8.91. The Morgan fingerprint density at radius 1 is 1.08 bits per heavy atom. The summed E-state index contributed by atoms with van der Waals surface area (Å²) in [5.41, 5.74) is 1.37. The monoisotopic (exact) mass is 354 g/mol. The maximum absolute atomic E-state index is 12.2. The molecular weight excluding hydrogens is 332 g/mol. The van der Waals surface area contributed by atoms with Crippen LogP contribution in [-0.2, 0) is 16.0 Å². The van der Waals surface area contributed by atoms with Crippen LogP contribution in [0.4, 0.5) is 5.82 Å². The average Bonchev–Trinajstić information content (AvgIpc) is 3.16. The van der Waals surface area contributed by atoms with Gasteiger partial charge in [0.15, 0.2) is 5.79 Å². The minimum atomic E-state index is -0.402. The fraction of sp³-hybridized carbons (Fsp3) is 0.421. The number of carbonyl (C=O) groups is 1. The van der Waals surface area contributed by atoms with Gasteiger partial charge in [0.05, 0.1) is 25.6 Å². The number of nitrogens with one attached hydrogen (secondary N) is 1. The van der Waals surface area contributed by atoms with Gasteiger partial charge in [-0.3, -0.25) is 4.79 Å². The lowest BCUT2D eigenvalue weighted by molar-refractivity contribution is -0.169. The van der Waals surface area contributed by atoms with E-state index in [0.717, 1.165) is 37.3 Å². The smallest absolute Gasteiger partial charge is 0.271 e. The van der Waals surface area contributed by atoms with Gasteiger partial charge in [-0.15, -0.1) is 0 Å². The van der Waals surface area contributed by atoms with Gasteiger partial charge < -0.3 is 19.7 Å². The maximum atomic E-state index is 12.2. The van der Waals surface area contributed by atoms with E-state index < -0.39 is 5.79 Å². The molecule has 2 fully saturated rings. The number of amides is 1. The number of carbonyl (C=O) groups excluding carboxylic acids is 1. The van der Waals surface area contributed by atoms with Crippen LogP contribution < -0.4 is 10.2 Å². The summed E-state index contributed by atoms with van der Waals surface area (Å²) >= 11 is 0. The van der Waals surface area contributed by atoms with E-state index in [0.29, 0.717) is 25.5 Å². The summed E-state index contributed by atoms with van der Waals surface area (Å²) in [5, 5.41) is 2.86. The largest absolute Gasteiger partial charge is 0.355 e. The first kappa shape index (κ1) is 16.9. The fourth-order valence-electron chi connectivity index (χ4n) is 3.33. The third-order valence-electron chi connectivity index (χ3n) is 4.83. The molecule has 7 heteroatoms. The van der Waals surface area contributed by atoms with Crippen molar-refractivity contribution < 1.29 is 14.3 Å². The second-order valence-electron chi connectivity index (χ2n) is 6.52. The second-order valence-corrected chi connectivity index (χ2v) is 6.52. The quantitative estimate of drug-likeness (QED) is 0.901. The number of ether oxygens (including phenoxy) is 2. The van der Waals surface area contributed by atoms with Crippen LogP contribution in [0.25, 0.3) is 0 Å². The van der Waals surface area contributed by atoms with E-state index in [2.05, 4.69) is 20.2 Å². The van der Waals surface area contributed by atoms with E-state index in [-0.39, 0.29) is 5.91 Å². The van der Waals surface area contributed by atoms with Crippen LogP contribution in [0.1, 0.15) is 28.9 Å². The highest BCUT2D eigenvalue weighted by Crippen LogP contribution is 2.32. The normalized spacial score (nSPS) is 18.8. The van der Waals surface area contributed by atoms with Crippen LogP contribution in [0.2, 0.25) is 0 Å².